The summed E-state index contributed by atoms with van der Waals surface area (Å²) >= 11 is 1.37. The number of pyridine rings is 1. The first-order valence-corrected chi connectivity index (χ1v) is 10.9. The van der Waals surface area contributed by atoms with Gasteiger partial charge in [-0.15, -0.1) is 0 Å². The molecule has 2 heterocycles. The Morgan fingerprint density at radius 2 is 1.88 bits per heavy atom. The Labute approximate surface area is 188 Å². The van der Waals surface area contributed by atoms with Crippen molar-refractivity contribution in [1.29, 1.82) is 0 Å². The van der Waals surface area contributed by atoms with E-state index in [2.05, 4.69) is 34.0 Å². The molecule has 1 aliphatic rings. The molecular formula is C25H19FN2O3S. The van der Waals surface area contributed by atoms with Gasteiger partial charge < -0.3 is 9.47 Å². The van der Waals surface area contributed by atoms with Gasteiger partial charge in [-0.25, -0.2) is 19.2 Å². The number of nitrogens with zero attached hydrogens (tertiary/aromatic N) is 2. The summed E-state index contributed by atoms with van der Waals surface area (Å²) in [5.74, 6) is -0.869. The molecule has 5 rings (SSSR count). The molecule has 32 heavy (non-hydrogen) atoms. The van der Waals surface area contributed by atoms with Crippen molar-refractivity contribution in [1.82, 2.24) is 9.97 Å². The van der Waals surface area contributed by atoms with Gasteiger partial charge in [0.2, 0.25) is 0 Å². The Hall–Kier alpha value is -3.42. The van der Waals surface area contributed by atoms with Crippen molar-refractivity contribution in [3.63, 3.8) is 0 Å². The van der Waals surface area contributed by atoms with Crippen LogP contribution in [0.1, 0.15) is 16.8 Å². The van der Waals surface area contributed by atoms with Crippen molar-refractivity contribution in [2.45, 2.75) is 12.0 Å². The second-order valence-electron chi connectivity index (χ2n) is 7.49. The number of esters is 1. The third-order valence-electron chi connectivity index (χ3n) is 5.41. The van der Waals surface area contributed by atoms with E-state index in [1.165, 1.54) is 30.1 Å². The number of thiazole rings is 1. The van der Waals surface area contributed by atoms with Crippen LogP contribution in [0.2, 0.25) is 0 Å². The van der Waals surface area contributed by atoms with E-state index < -0.39 is 11.8 Å². The Morgan fingerprint density at radius 3 is 2.59 bits per heavy atom. The van der Waals surface area contributed by atoms with Gasteiger partial charge in [0.25, 0.3) is 0 Å². The van der Waals surface area contributed by atoms with Gasteiger partial charge in [-0.2, -0.15) is 0 Å². The minimum absolute atomic E-state index is 0.117. The second kappa shape index (κ2) is 8.26. The van der Waals surface area contributed by atoms with Crippen molar-refractivity contribution < 1.29 is 18.7 Å². The van der Waals surface area contributed by atoms with E-state index in [1.807, 2.05) is 30.3 Å². The lowest BCUT2D eigenvalue weighted by Gasteiger charge is -2.15. The van der Waals surface area contributed by atoms with Crippen molar-refractivity contribution in [3.8, 4) is 10.6 Å². The predicted molar refractivity (Wildman–Crippen MR) is 121 cm³/mol. The second-order valence-corrected chi connectivity index (χ2v) is 8.47. The molecule has 0 saturated heterocycles. The van der Waals surface area contributed by atoms with Crippen LogP contribution in [-0.2, 0) is 26.3 Å². The van der Waals surface area contributed by atoms with E-state index in [-0.39, 0.29) is 18.6 Å². The average Bonchev–Trinajstić information content (AvgIpc) is 3.52. The fourth-order valence-electron chi connectivity index (χ4n) is 3.60. The molecule has 0 unspecified atom stereocenters. The SMILES string of the molecule is COC(=O)COCc1ccc(-c2nc3ccc(C4(c5ccccc5)C=C4)nc3s2)c(F)c1. The number of hydrogen-bond acceptors (Lipinski definition) is 6. The highest BCUT2D eigenvalue weighted by molar-refractivity contribution is 7.21. The largest absolute Gasteiger partial charge is 0.467 e. The van der Waals surface area contributed by atoms with Gasteiger partial charge >= 0.3 is 5.97 Å². The third-order valence-corrected chi connectivity index (χ3v) is 6.41. The van der Waals surface area contributed by atoms with E-state index in [1.54, 1.807) is 12.1 Å². The van der Waals surface area contributed by atoms with Crippen LogP contribution < -0.4 is 0 Å². The van der Waals surface area contributed by atoms with Gasteiger partial charge in [0.1, 0.15) is 27.8 Å². The molecule has 0 fully saturated rings. The van der Waals surface area contributed by atoms with E-state index in [4.69, 9.17) is 9.72 Å². The van der Waals surface area contributed by atoms with E-state index >= 15 is 0 Å². The summed E-state index contributed by atoms with van der Waals surface area (Å²) in [6, 6.07) is 19.0. The summed E-state index contributed by atoms with van der Waals surface area (Å²) < 4.78 is 24.6. The molecule has 0 spiro atoms. The molecule has 2 aromatic heterocycles. The summed E-state index contributed by atoms with van der Waals surface area (Å²) in [4.78, 5) is 21.3. The van der Waals surface area contributed by atoms with Crippen LogP contribution in [-0.4, -0.2) is 29.7 Å². The Morgan fingerprint density at radius 1 is 1.06 bits per heavy atom. The Balaban J connectivity index is 1.39. The summed E-state index contributed by atoms with van der Waals surface area (Å²) in [7, 11) is 1.29. The van der Waals surface area contributed by atoms with Gasteiger partial charge in [-0.3, -0.25) is 0 Å². The number of ether oxygens (including phenoxy) is 2. The maximum Gasteiger partial charge on any atom is 0.331 e. The van der Waals surface area contributed by atoms with Crippen molar-refractivity contribution >= 4 is 27.7 Å². The first kappa shape index (κ1) is 20.5. The quantitative estimate of drug-likeness (QED) is 0.294. The van der Waals surface area contributed by atoms with E-state index in [0.717, 1.165) is 16.0 Å². The highest BCUT2D eigenvalue weighted by Crippen LogP contribution is 2.45. The molecule has 5 nitrogen and oxygen atoms in total. The summed E-state index contributed by atoms with van der Waals surface area (Å²) in [6.07, 6.45) is 4.28. The lowest BCUT2D eigenvalue weighted by atomic mass is 9.89. The third kappa shape index (κ3) is 3.81. The van der Waals surface area contributed by atoms with Crippen molar-refractivity contribution in [2.24, 2.45) is 0 Å². The molecule has 0 bridgehead atoms. The van der Waals surface area contributed by atoms with Gasteiger partial charge in [-0.05, 0) is 35.4 Å². The molecule has 1 aliphatic carbocycles. The van der Waals surface area contributed by atoms with E-state index in [9.17, 15) is 9.18 Å². The van der Waals surface area contributed by atoms with Crippen LogP contribution in [0.4, 0.5) is 4.39 Å². The fraction of sp³-hybridized carbons (Fsp3) is 0.160. The average molecular weight is 447 g/mol. The molecule has 4 aromatic rings. The van der Waals surface area contributed by atoms with Crippen LogP contribution in [0.25, 0.3) is 20.9 Å². The monoisotopic (exact) mass is 446 g/mol. The summed E-state index contributed by atoms with van der Waals surface area (Å²) in [6.45, 7) is -0.0588. The predicted octanol–water partition coefficient (Wildman–Crippen LogP) is 5.04. The number of carbonyl (C=O) groups is 1. The first-order valence-electron chi connectivity index (χ1n) is 10.1. The number of rotatable bonds is 7. The highest BCUT2D eigenvalue weighted by Gasteiger charge is 2.39. The zero-order valence-electron chi connectivity index (χ0n) is 17.2. The maximum atomic E-state index is 14.8. The number of carbonyl (C=O) groups excluding carboxylic acids is 1. The van der Waals surface area contributed by atoms with Crippen LogP contribution in [0.5, 0.6) is 0 Å². The maximum absolute atomic E-state index is 14.8. The first-order chi connectivity index (χ1) is 15.6. The number of benzene rings is 2. The van der Waals surface area contributed by atoms with Crippen LogP contribution in [0.3, 0.4) is 0 Å². The summed E-state index contributed by atoms with van der Waals surface area (Å²) in [5.41, 5.74) is 3.62. The Kier molecular flexibility index (Phi) is 5.28. The molecular weight excluding hydrogens is 427 g/mol. The molecule has 0 amide bonds. The molecule has 7 heteroatoms. The Bertz CT molecular complexity index is 1330. The number of allylic oxidation sites excluding steroid dienone is 2. The molecule has 160 valence electrons. The molecule has 0 atom stereocenters. The lowest BCUT2D eigenvalue weighted by molar-refractivity contribution is -0.146. The highest BCUT2D eigenvalue weighted by atomic mass is 32.1. The summed E-state index contributed by atoms with van der Waals surface area (Å²) in [5, 5.41) is 0.571. The van der Waals surface area contributed by atoms with Gasteiger partial charge in [-0.1, -0.05) is 59.9 Å². The van der Waals surface area contributed by atoms with Gasteiger partial charge in [0.05, 0.1) is 24.8 Å². The minimum Gasteiger partial charge on any atom is -0.467 e. The number of halogens is 1. The minimum atomic E-state index is -0.473. The smallest absolute Gasteiger partial charge is 0.331 e. The molecule has 0 saturated carbocycles. The van der Waals surface area contributed by atoms with Crippen molar-refractivity contribution in [2.75, 3.05) is 13.7 Å². The van der Waals surface area contributed by atoms with Gasteiger partial charge in [0, 0.05) is 5.56 Å². The lowest BCUT2D eigenvalue weighted by Crippen LogP contribution is -2.12. The number of aromatic nitrogens is 2. The standard InChI is InChI=1S/C25H19FN2O3S/c1-30-22(29)15-31-14-16-7-8-18(19(26)13-16)23-27-20-9-10-21(28-24(20)32-23)25(11-12-25)17-5-3-2-4-6-17/h2-13H,14-15H2,1H3. The number of hydrogen-bond donors (Lipinski definition) is 0. The normalized spacial score (nSPS) is 13.9. The van der Waals surface area contributed by atoms with Gasteiger partial charge in [0.15, 0.2) is 0 Å². The molecule has 2 aromatic carbocycles. The van der Waals surface area contributed by atoms with E-state index in [0.29, 0.717) is 16.1 Å². The van der Waals surface area contributed by atoms with Crippen LogP contribution in [0, 0.1) is 5.82 Å². The van der Waals surface area contributed by atoms with Crippen LogP contribution in [0.15, 0.2) is 72.8 Å². The molecule has 0 N–H and O–H groups in total. The number of fused-ring (bicyclic) bond motifs is 1. The topological polar surface area (TPSA) is 61.3 Å². The zero-order chi connectivity index (χ0) is 22.1. The van der Waals surface area contributed by atoms with Crippen LogP contribution >= 0.6 is 11.3 Å². The fourth-order valence-corrected chi connectivity index (χ4v) is 4.57. The molecule has 0 radical (unpaired) electrons. The zero-order valence-corrected chi connectivity index (χ0v) is 18.1. The van der Waals surface area contributed by atoms with Crippen molar-refractivity contribution in [3.05, 3.63) is 95.5 Å². The molecule has 0 aliphatic heterocycles. The number of methoxy groups -OCH3 is 1.